The molecule has 0 N–H and O–H groups in total. The first-order valence-electron chi connectivity index (χ1n) is 4.69. The Morgan fingerprint density at radius 2 is 1.83 bits per heavy atom. The molecule has 0 saturated carbocycles. The molecule has 0 aliphatic rings. The summed E-state index contributed by atoms with van der Waals surface area (Å²) in [7, 11) is 0. The predicted octanol–water partition coefficient (Wildman–Crippen LogP) is 2.98. The summed E-state index contributed by atoms with van der Waals surface area (Å²) >= 11 is 0. The summed E-state index contributed by atoms with van der Waals surface area (Å²) in [6, 6.07) is 0. The molecule has 0 fully saturated rings. The summed E-state index contributed by atoms with van der Waals surface area (Å²) in [5.41, 5.74) is 0. The van der Waals surface area contributed by atoms with Crippen LogP contribution in [0.5, 0.6) is 0 Å². The largest absolute Gasteiger partial charge is 0.345 e. The quantitative estimate of drug-likeness (QED) is 0.614. The minimum Gasteiger partial charge on any atom is -0.345 e. The number of hydrogen-bond donors (Lipinski definition) is 0. The van der Waals surface area contributed by atoms with Gasteiger partial charge in [-0.3, -0.25) is 0 Å². The van der Waals surface area contributed by atoms with Crippen molar-refractivity contribution in [3.8, 4) is 0 Å². The summed E-state index contributed by atoms with van der Waals surface area (Å²) in [5.74, 6) is 0.556. The van der Waals surface area contributed by atoms with E-state index in [9.17, 15) is 0 Å². The van der Waals surface area contributed by atoms with Crippen molar-refractivity contribution in [1.82, 2.24) is 0 Å². The average Bonchev–Trinajstić information content (AvgIpc) is 2.00. The van der Waals surface area contributed by atoms with Crippen molar-refractivity contribution in [3.05, 3.63) is 6.29 Å². The lowest BCUT2D eigenvalue weighted by atomic mass is 10.2. The topological polar surface area (TPSA) is 18.5 Å². The Morgan fingerprint density at radius 1 is 1.25 bits per heavy atom. The van der Waals surface area contributed by atoms with Crippen LogP contribution in [0, 0.1) is 12.2 Å². The molecular weight excluding hydrogens is 152 g/mol. The molecular formula is C10H21O2. The molecule has 0 bridgehead atoms. The van der Waals surface area contributed by atoms with Crippen LogP contribution >= 0.6 is 0 Å². The monoisotopic (exact) mass is 173 g/mol. The zero-order valence-corrected chi connectivity index (χ0v) is 8.89. The maximum atomic E-state index is 5.44. The fourth-order valence-electron chi connectivity index (χ4n) is 0.685. The van der Waals surface area contributed by atoms with E-state index in [0.717, 1.165) is 13.0 Å². The van der Waals surface area contributed by atoms with Gasteiger partial charge in [-0.05, 0) is 26.2 Å². The molecule has 0 spiro atoms. The highest BCUT2D eigenvalue weighted by Gasteiger charge is 2.08. The molecule has 0 heterocycles. The van der Waals surface area contributed by atoms with Gasteiger partial charge in [0.2, 0.25) is 6.29 Å². The van der Waals surface area contributed by atoms with Crippen LogP contribution in [0.25, 0.3) is 0 Å². The van der Waals surface area contributed by atoms with Gasteiger partial charge in [-0.2, -0.15) is 0 Å². The van der Waals surface area contributed by atoms with Crippen molar-refractivity contribution in [2.45, 2.75) is 47.1 Å². The maximum Gasteiger partial charge on any atom is 0.220 e. The Morgan fingerprint density at radius 3 is 2.25 bits per heavy atom. The molecule has 0 aliphatic carbocycles. The van der Waals surface area contributed by atoms with Crippen molar-refractivity contribution in [1.29, 1.82) is 0 Å². The molecule has 0 amide bonds. The normalized spacial score (nSPS) is 14.2. The first-order chi connectivity index (χ1) is 5.56. The molecule has 1 radical (unpaired) electrons. The Hall–Kier alpha value is -0.0800. The minimum atomic E-state index is 0.261. The fourth-order valence-corrected chi connectivity index (χ4v) is 0.685. The second-order valence-corrected chi connectivity index (χ2v) is 3.53. The van der Waals surface area contributed by atoms with Gasteiger partial charge < -0.3 is 9.47 Å². The maximum absolute atomic E-state index is 5.44. The van der Waals surface area contributed by atoms with Crippen molar-refractivity contribution in [2.24, 2.45) is 5.92 Å². The lowest BCUT2D eigenvalue weighted by molar-refractivity contribution is -0.0746. The Bertz CT molecular complexity index is 102. The third kappa shape index (κ3) is 6.62. The average molecular weight is 173 g/mol. The molecule has 2 nitrogen and oxygen atoms in total. The molecule has 0 aromatic rings. The molecule has 12 heavy (non-hydrogen) atoms. The van der Waals surface area contributed by atoms with Gasteiger partial charge in [-0.1, -0.05) is 20.8 Å². The van der Waals surface area contributed by atoms with Gasteiger partial charge >= 0.3 is 0 Å². The van der Waals surface area contributed by atoms with Crippen molar-refractivity contribution in [2.75, 3.05) is 6.61 Å². The van der Waals surface area contributed by atoms with E-state index in [1.54, 1.807) is 0 Å². The van der Waals surface area contributed by atoms with Gasteiger partial charge in [0, 0.05) is 0 Å². The third-order valence-corrected chi connectivity index (χ3v) is 1.56. The van der Waals surface area contributed by atoms with E-state index in [2.05, 4.69) is 20.8 Å². The SMILES string of the molecule is CCC(C)O[C](C)OCC(C)C. The van der Waals surface area contributed by atoms with E-state index in [-0.39, 0.29) is 6.10 Å². The van der Waals surface area contributed by atoms with E-state index >= 15 is 0 Å². The van der Waals surface area contributed by atoms with E-state index in [0.29, 0.717) is 12.2 Å². The van der Waals surface area contributed by atoms with Crippen LogP contribution < -0.4 is 0 Å². The van der Waals surface area contributed by atoms with Crippen LogP contribution in [0.2, 0.25) is 0 Å². The summed E-state index contributed by atoms with van der Waals surface area (Å²) in [6.07, 6.45) is 1.97. The Labute approximate surface area is 76.3 Å². The number of hydrogen-bond acceptors (Lipinski definition) is 2. The van der Waals surface area contributed by atoms with E-state index < -0.39 is 0 Å². The van der Waals surface area contributed by atoms with Crippen LogP contribution in [0.4, 0.5) is 0 Å². The van der Waals surface area contributed by atoms with Crippen LogP contribution in [0.1, 0.15) is 41.0 Å². The lowest BCUT2D eigenvalue weighted by Crippen LogP contribution is -2.14. The van der Waals surface area contributed by atoms with E-state index in [1.807, 2.05) is 13.8 Å². The zero-order valence-electron chi connectivity index (χ0n) is 8.89. The molecule has 2 heteroatoms. The molecule has 0 aromatic heterocycles. The second-order valence-electron chi connectivity index (χ2n) is 3.53. The highest BCUT2D eigenvalue weighted by Crippen LogP contribution is 2.10. The Kier molecular flexibility index (Phi) is 6.39. The van der Waals surface area contributed by atoms with Gasteiger partial charge in [0.15, 0.2) is 0 Å². The molecule has 1 unspecified atom stereocenters. The summed E-state index contributed by atoms with van der Waals surface area (Å²) < 4.78 is 10.8. The van der Waals surface area contributed by atoms with Gasteiger partial charge in [0.05, 0.1) is 12.7 Å². The number of rotatable bonds is 6. The zero-order chi connectivity index (χ0) is 9.56. The van der Waals surface area contributed by atoms with Gasteiger partial charge in [0.25, 0.3) is 0 Å². The van der Waals surface area contributed by atoms with Crippen molar-refractivity contribution in [3.63, 3.8) is 0 Å². The molecule has 0 aromatic carbocycles. The summed E-state index contributed by atoms with van der Waals surface area (Å²) in [5, 5.41) is 0. The predicted molar refractivity (Wildman–Crippen MR) is 50.5 cm³/mol. The number of ether oxygens (including phenoxy) is 2. The van der Waals surface area contributed by atoms with E-state index in [4.69, 9.17) is 9.47 Å². The summed E-state index contributed by atoms with van der Waals surface area (Å²) in [6.45, 7) is 11.0. The lowest BCUT2D eigenvalue weighted by Gasteiger charge is -2.17. The fraction of sp³-hybridized carbons (Fsp3) is 0.900. The minimum absolute atomic E-state index is 0.261. The third-order valence-electron chi connectivity index (χ3n) is 1.56. The van der Waals surface area contributed by atoms with Gasteiger partial charge in [-0.25, -0.2) is 0 Å². The van der Waals surface area contributed by atoms with Crippen LogP contribution in [0.3, 0.4) is 0 Å². The Balaban J connectivity index is 3.39. The highest BCUT2D eigenvalue weighted by molar-refractivity contribution is 4.59. The molecule has 0 aliphatic heterocycles. The molecule has 0 rings (SSSR count). The smallest absolute Gasteiger partial charge is 0.220 e. The summed E-state index contributed by atoms with van der Waals surface area (Å²) in [4.78, 5) is 0. The first kappa shape index (κ1) is 11.9. The molecule has 73 valence electrons. The first-order valence-corrected chi connectivity index (χ1v) is 4.69. The highest BCUT2D eigenvalue weighted by atomic mass is 16.7. The molecule has 0 saturated heterocycles. The standard InChI is InChI=1S/C10H21O2/c1-6-9(4)12-10(5)11-7-8(2)3/h8-9H,6-7H2,1-5H3. The van der Waals surface area contributed by atoms with Gasteiger partial charge in [0.1, 0.15) is 0 Å². The van der Waals surface area contributed by atoms with Crippen molar-refractivity contribution >= 4 is 0 Å². The van der Waals surface area contributed by atoms with Crippen molar-refractivity contribution < 1.29 is 9.47 Å². The van der Waals surface area contributed by atoms with Crippen LogP contribution in [0.15, 0.2) is 0 Å². The molecule has 1 atom stereocenters. The van der Waals surface area contributed by atoms with E-state index in [1.165, 1.54) is 0 Å². The van der Waals surface area contributed by atoms with Gasteiger partial charge in [-0.15, -0.1) is 0 Å². The second kappa shape index (κ2) is 6.44. The van der Waals surface area contributed by atoms with Crippen LogP contribution in [-0.4, -0.2) is 12.7 Å². The van der Waals surface area contributed by atoms with Crippen LogP contribution in [-0.2, 0) is 9.47 Å².